The molecule has 5 nitrogen and oxygen atoms in total. The summed E-state index contributed by atoms with van der Waals surface area (Å²) in [4.78, 5) is 14.4. The lowest BCUT2D eigenvalue weighted by molar-refractivity contribution is -0.112. The fraction of sp³-hybridized carbons (Fsp3) is 0.444. The van der Waals surface area contributed by atoms with Gasteiger partial charge in [0.25, 0.3) is 5.91 Å². The highest BCUT2D eigenvalue weighted by atomic mass is 16.5. The van der Waals surface area contributed by atoms with Gasteiger partial charge in [0.2, 0.25) is 0 Å². The molecule has 23 heavy (non-hydrogen) atoms. The molecule has 0 radical (unpaired) electrons. The van der Waals surface area contributed by atoms with Crippen LogP contribution < -0.4 is 10.1 Å². The molecule has 0 aliphatic carbocycles. The number of carbonyl (C=O) groups excluding carboxylic acids is 1. The van der Waals surface area contributed by atoms with Crippen molar-refractivity contribution in [2.75, 3.05) is 19.0 Å². The van der Waals surface area contributed by atoms with E-state index in [1.54, 1.807) is 19.4 Å². The minimum Gasteiger partial charge on any atom is -0.495 e. The van der Waals surface area contributed by atoms with Crippen molar-refractivity contribution in [3.8, 4) is 11.8 Å². The Labute approximate surface area is 138 Å². The Bertz CT molecular complexity index is 637. The van der Waals surface area contributed by atoms with Crippen LogP contribution in [0.1, 0.15) is 33.3 Å². The minimum atomic E-state index is -0.445. The van der Waals surface area contributed by atoms with Crippen LogP contribution in [-0.4, -0.2) is 30.0 Å². The van der Waals surface area contributed by atoms with Gasteiger partial charge in [-0.25, -0.2) is 0 Å². The molecule has 0 aliphatic heterocycles. The lowest BCUT2D eigenvalue weighted by atomic mass is 10.1. The number of aryl methyl sites for hydroxylation is 1. The standard InChI is InChI=1S/C18H25N3O2/c1-7-21(18(3,4)5)12-14(11-19)17(22)20-15-10-13(2)8-9-16(15)23-6/h8-10,12H,7H2,1-6H3,(H,20,22)/b14-12-. The molecule has 0 spiro atoms. The van der Waals surface area contributed by atoms with Crippen LogP contribution in [0.3, 0.4) is 0 Å². The van der Waals surface area contributed by atoms with E-state index in [9.17, 15) is 10.1 Å². The predicted octanol–water partition coefficient (Wildman–Crippen LogP) is 3.47. The largest absolute Gasteiger partial charge is 0.495 e. The van der Waals surface area contributed by atoms with Gasteiger partial charge in [-0.1, -0.05) is 6.07 Å². The average Bonchev–Trinajstić information content (AvgIpc) is 2.47. The van der Waals surface area contributed by atoms with Gasteiger partial charge in [0.15, 0.2) is 0 Å². The summed E-state index contributed by atoms with van der Waals surface area (Å²) >= 11 is 0. The van der Waals surface area contributed by atoms with Crippen molar-refractivity contribution in [2.45, 2.75) is 40.2 Å². The van der Waals surface area contributed by atoms with Gasteiger partial charge in [-0.15, -0.1) is 0 Å². The van der Waals surface area contributed by atoms with Gasteiger partial charge in [0.05, 0.1) is 12.8 Å². The number of ether oxygens (including phenoxy) is 1. The number of nitriles is 1. The van der Waals surface area contributed by atoms with E-state index in [1.807, 2.05) is 57.7 Å². The fourth-order valence-electron chi connectivity index (χ4n) is 2.16. The quantitative estimate of drug-likeness (QED) is 0.667. The van der Waals surface area contributed by atoms with E-state index < -0.39 is 5.91 Å². The smallest absolute Gasteiger partial charge is 0.267 e. The predicted molar refractivity (Wildman–Crippen MR) is 92.2 cm³/mol. The second-order valence-corrected chi connectivity index (χ2v) is 6.27. The minimum absolute atomic E-state index is 0.0605. The fourth-order valence-corrected chi connectivity index (χ4v) is 2.16. The van der Waals surface area contributed by atoms with Crippen LogP contribution >= 0.6 is 0 Å². The molecule has 0 heterocycles. The summed E-state index contributed by atoms with van der Waals surface area (Å²) in [6.07, 6.45) is 1.61. The lowest BCUT2D eigenvalue weighted by Gasteiger charge is -2.33. The number of nitrogens with one attached hydrogen (secondary N) is 1. The molecular weight excluding hydrogens is 290 g/mol. The Morgan fingerprint density at radius 1 is 1.43 bits per heavy atom. The summed E-state index contributed by atoms with van der Waals surface area (Å²) in [7, 11) is 1.54. The zero-order chi connectivity index (χ0) is 17.6. The zero-order valence-corrected chi connectivity index (χ0v) is 14.7. The first-order valence-electron chi connectivity index (χ1n) is 7.57. The molecule has 1 rings (SSSR count). The van der Waals surface area contributed by atoms with Gasteiger partial charge in [-0.2, -0.15) is 5.26 Å². The number of methoxy groups -OCH3 is 1. The molecule has 124 valence electrons. The summed E-state index contributed by atoms with van der Waals surface area (Å²) in [6, 6.07) is 7.47. The van der Waals surface area contributed by atoms with E-state index in [1.165, 1.54) is 0 Å². The maximum atomic E-state index is 12.4. The van der Waals surface area contributed by atoms with Crippen LogP contribution in [0.5, 0.6) is 5.75 Å². The normalized spacial score (nSPS) is 11.6. The van der Waals surface area contributed by atoms with E-state index in [2.05, 4.69) is 5.32 Å². The number of benzene rings is 1. The zero-order valence-electron chi connectivity index (χ0n) is 14.7. The molecular formula is C18H25N3O2. The first kappa shape index (κ1) is 18.6. The summed E-state index contributed by atoms with van der Waals surface area (Å²) in [6.45, 7) is 10.7. The maximum absolute atomic E-state index is 12.4. The molecule has 0 saturated carbocycles. The Hall–Kier alpha value is -2.48. The number of hydrogen-bond acceptors (Lipinski definition) is 4. The highest BCUT2D eigenvalue weighted by molar-refractivity contribution is 6.07. The molecule has 1 N–H and O–H groups in total. The first-order valence-corrected chi connectivity index (χ1v) is 7.57. The summed E-state index contributed by atoms with van der Waals surface area (Å²) < 4.78 is 5.24. The molecule has 5 heteroatoms. The van der Waals surface area contributed by atoms with Gasteiger partial charge in [0.1, 0.15) is 17.4 Å². The molecule has 1 aromatic rings. The number of hydrogen-bond donors (Lipinski definition) is 1. The number of rotatable bonds is 5. The van der Waals surface area contributed by atoms with Gasteiger partial charge in [0, 0.05) is 18.3 Å². The van der Waals surface area contributed by atoms with Crippen LogP contribution in [0.2, 0.25) is 0 Å². The number of carbonyl (C=O) groups is 1. The monoisotopic (exact) mass is 315 g/mol. The van der Waals surface area contributed by atoms with Crippen molar-refractivity contribution in [3.05, 3.63) is 35.5 Å². The van der Waals surface area contributed by atoms with E-state index in [0.29, 0.717) is 18.0 Å². The van der Waals surface area contributed by atoms with Crippen LogP contribution in [0.4, 0.5) is 5.69 Å². The third-order valence-corrected chi connectivity index (χ3v) is 3.46. The van der Waals surface area contributed by atoms with Crippen molar-refractivity contribution in [2.24, 2.45) is 0 Å². The number of anilines is 1. The second-order valence-electron chi connectivity index (χ2n) is 6.27. The van der Waals surface area contributed by atoms with E-state index in [0.717, 1.165) is 5.56 Å². The molecule has 0 atom stereocenters. The van der Waals surface area contributed by atoms with Crippen LogP contribution in [0.15, 0.2) is 30.0 Å². The second kappa shape index (κ2) is 7.68. The Balaban J connectivity index is 3.08. The summed E-state index contributed by atoms with van der Waals surface area (Å²) in [5.41, 5.74) is 1.44. The molecule has 0 aliphatic rings. The molecule has 0 bridgehead atoms. The highest BCUT2D eigenvalue weighted by Crippen LogP contribution is 2.25. The third-order valence-electron chi connectivity index (χ3n) is 3.46. The van der Waals surface area contributed by atoms with Gasteiger partial charge >= 0.3 is 0 Å². The molecule has 0 saturated heterocycles. The SMILES string of the molecule is CCN(/C=C(/C#N)C(=O)Nc1cc(C)ccc1OC)C(C)(C)C. The summed E-state index contributed by atoms with van der Waals surface area (Å²) in [5.74, 6) is 0.114. The highest BCUT2D eigenvalue weighted by Gasteiger charge is 2.20. The van der Waals surface area contributed by atoms with Crippen molar-refractivity contribution in [1.82, 2.24) is 4.90 Å². The average molecular weight is 315 g/mol. The first-order chi connectivity index (χ1) is 10.7. The number of nitrogens with zero attached hydrogens (tertiary/aromatic N) is 2. The molecule has 1 aromatic carbocycles. The molecule has 1 amide bonds. The van der Waals surface area contributed by atoms with Crippen LogP contribution in [-0.2, 0) is 4.79 Å². The topological polar surface area (TPSA) is 65.4 Å². The Kier molecular flexibility index (Phi) is 6.20. The Morgan fingerprint density at radius 2 is 2.09 bits per heavy atom. The van der Waals surface area contributed by atoms with Gasteiger partial charge < -0.3 is 15.0 Å². The van der Waals surface area contributed by atoms with E-state index >= 15 is 0 Å². The van der Waals surface area contributed by atoms with Crippen molar-refractivity contribution < 1.29 is 9.53 Å². The van der Waals surface area contributed by atoms with Crippen molar-refractivity contribution in [1.29, 1.82) is 5.26 Å². The maximum Gasteiger partial charge on any atom is 0.267 e. The molecule has 0 unspecified atom stereocenters. The Morgan fingerprint density at radius 3 is 2.57 bits per heavy atom. The third kappa shape index (κ3) is 5.03. The van der Waals surface area contributed by atoms with Gasteiger partial charge in [-0.05, 0) is 52.3 Å². The molecule has 0 aromatic heterocycles. The van der Waals surface area contributed by atoms with E-state index in [-0.39, 0.29) is 11.1 Å². The van der Waals surface area contributed by atoms with Crippen molar-refractivity contribution in [3.63, 3.8) is 0 Å². The van der Waals surface area contributed by atoms with Crippen LogP contribution in [0, 0.1) is 18.3 Å². The summed E-state index contributed by atoms with van der Waals surface area (Å²) in [5, 5.41) is 12.1. The lowest BCUT2D eigenvalue weighted by Crippen LogP contribution is -2.37. The molecule has 0 fully saturated rings. The van der Waals surface area contributed by atoms with Crippen LogP contribution in [0.25, 0.3) is 0 Å². The van der Waals surface area contributed by atoms with E-state index in [4.69, 9.17) is 4.74 Å². The number of amides is 1. The van der Waals surface area contributed by atoms with Crippen molar-refractivity contribution >= 4 is 11.6 Å². The van der Waals surface area contributed by atoms with Gasteiger partial charge in [-0.3, -0.25) is 4.79 Å².